The first-order valence-corrected chi connectivity index (χ1v) is 17.3. The highest BCUT2D eigenvalue weighted by atomic mass is 19.1. The molecule has 3 aromatic carbocycles. The van der Waals surface area contributed by atoms with Crippen LogP contribution in [-0.2, 0) is 11.3 Å². The Morgan fingerprint density at radius 2 is 1.78 bits per heavy atom. The summed E-state index contributed by atoms with van der Waals surface area (Å²) in [6.07, 6.45) is 7.76. The maximum Gasteiger partial charge on any atom is 0.261 e. The van der Waals surface area contributed by atoms with Crippen molar-refractivity contribution in [2.75, 3.05) is 51.9 Å². The zero-order valence-corrected chi connectivity index (χ0v) is 28.5. The molecule has 1 N–H and O–H groups in total. The molecule has 51 heavy (non-hydrogen) atoms. The summed E-state index contributed by atoms with van der Waals surface area (Å²) in [4.78, 5) is 33.5. The molecule has 1 saturated heterocycles. The summed E-state index contributed by atoms with van der Waals surface area (Å²) in [5.74, 6) is -0.106. The molecule has 5 aromatic rings. The van der Waals surface area contributed by atoms with Gasteiger partial charge in [0.2, 0.25) is 5.43 Å². The summed E-state index contributed by atoms with van der Waals surface area (Å²) in [6, 6.07) is 13.6. The van der Waals surface area contributed by atoms with E-state index >= 15 is 4.39 Å². The molecular weight excluding hydrogens is 658 g/mol. The van der Waals surface area contributed by atoms with Crippen LogP contribution < -0.4 is 25.0 Å². The van der Waals surface area contributed by atoms with Gasteiger partial charge in [-0.3, -0.25) is 19.5 Å². The van der Waals surface area contributed by atoms with Crippen LogP contribution in [0.1, 0.15) is 54.1 Å². The zero-order valence-electron chi connectivity index (χ0n) is 28.5. The van der Waals surface area contributed by atoms with E-state index < -0.39 is 23.0 Å². The lowest BCUT2D eigenvalue weighted by atomic mass is 10.1. The van der Waals surface area contributed by atoms with E-state index in [0.29, 0.717) is 40.3 Å². The van der Waals surface area contributed by atoms with Gasteiger partial charge < -0.3 is 28.8 Å². The molecule has 0 atom stereocenters. The Kier molecular flexibility index (Phi) is 10.4. The number of morpholine rings is 1. The van der Waals surface area contributed by atoms with Crippen molar-refractivity contribution in [1.29, 1.82) is 0 Å². The standard InChI is InChI=1S/C39H40F2N4O6/c1-48-36-21-30-33(22-37(36)50-16-4-13-44-14-17-49-18-15-44)42-12-11-35(30)51-24-25-7-9-27(20-32(25)41)43-39(47)31-23-45(28-5-2-3-6-28)34-19-26(40)8-10-29(34)38(31)46/h7-12,19-23,28H,2-6,13-18,24H2,1H3,(H,43,47). The molecule has 1 aliphatic heterocycles. The van der Waals surface area contributed by atoms with E-state index in [-0.39, 0.29) is 34.8 Å². The lowest BCUT2D eigenvalue weighted by Crippen LogP contribution is -2.37. The average Bonchev–Trinajstić information content (AvgIpc) is 3.68. The van der Waals surface area contributed by atoms with Gasteiger partial charge in [-0.05, 0) is 61.7 Å². The number of hydrogen-bond donors (Lipinski definition) is 1. The van der Waals surface area contributed by atoms with Crippen molar-refractivity contribution < 1.29 is 32.5 Å². The Bertz CT molecular complexity index is 2110. The Hall–Kier alpha value is -5.07. The molecule has 0 radical (unpaired) electrons. The first-order valence-electron chi connectivity index (χ1n) is 17.3. The maximum absolute atomic E-state index is 15.4. The topological polar surface area (TPSA) is 104 Å². The Morgan fingerprint density at radius 3 is 2.57 bits per heavy atom. The molecule has 3 heterocycles. The van der Waals surface area contributed by atoms with Crippen LogP contribution in [0.4, 0.5) is 14.5 Å². The summed E-state index contributed by atoms with van der Waals surface area (Å²) in [6.45, 7) is 4.73. The third-order valence-electron chi connectivity index (χ3n) is 9.62. The van der Waals surface area contributed by atoms with Gasteiger partial charge in [-0.25, -0.2) is 8.78 Å². The average molecular weight is 699 g/mol. The number of anilines is 1. The molecule has 266 valence electrons. The van der Waals surface area contributed by atoms with E-state index in [1.165, 1.54) is 36.5 Å². The molecule has 2 aromatic heterocycles. The van der Waals surface area contributed by atoms with Crippen molar-refractivity contribution in [2.24, 2.45) is 0 Å². The number of fused-ring (bicyclic) bond motifs is 2. The molecule has 0 bridgehead atoms. The fraction of sp³-hybridized carbons (Fsp3) is 0.359. The van der Waals surface area contributed by atoms with Crippen molar-refractivity contribution in [3.05, 3.63) is 100.0 Å². The minimum atomic E-state index is -0.668. The fourth-order valence-corrected chi connectivity index (χ4v) is 6.89. The molecule has 12 heteroatoms. The number of carbonyl (C=O) groups is 1. The van der Waals surface area contributed by atoms with Crippen molar-refractivity contribution in [3.8, 4) is 17.2 Å². The van der Waals surface area contributed by atoms with E-state index in [1.807, 2.05) is 10.6 Å². The fourth-order valence-electron chi connectivity index (χ4n) is 6.89. The highest BCUT2D eigenvalue weighted by molar-refractivity contribution is 6.05. The number of methoxy groups -OCH3 is 1. The monoisotopic (exact) mass is 698 g/mol. The Labute approximate surface area is 293 Å². The van der Waals surface area contributed by atoms with Crippen molar-refractivity contribution in [2.45, 2.75) is 44.8 Å². The van der Waals surface area contributed by atoms with Crippen molar-refractivity contribution in [1.82, 2.24) is 14.5 Å². The quantitative estimate of drug-likeness (QED) is 0.141. The lowest BCUT2D eigenvalue weighted by Gasteiger charge is -2.26. The number of carbonyl (C=O) groups excluding carboxylic acids is 1. The number of amides is 1. The number of hydrogen-bond acceptors (Lipinski definition) is 8. The van der Waals surface area contributed by atoms with Crippen molar-refractivity contribution >= 4 is 33.4 Å². The van der Waals surface area contributed by atoms with Gasteiger partial charge in [0.15, 0.2) is 11.5 Å². The third-order valence-corrected chi connectivity index (χ3v) is 9.62. The van der Waals surface area contributed by atoms with Crippen LogP contribution in [0.5, 0.6) is 17.2 Å². The molecule has 2 fully saturated rings. The van der Waals surface area contributed by atoms with Crippen LogP contribution in [0.3, 0.4) is 0 Å². The van der Waals surface area contributed by atoms with E-state index in [2.05, 4.69) is 15.2 Å². The summed E-state index contributed by atoms with van der Waals surface area (Å²) in [7, 11) is 1.57. The second-order valence-electron chi connectivity index (χ2n) is 12.9. The van der Waals surface area contributed by atoms with E-state index in [0.717, 1.165) is 65.0 Å². The highest BCUT2D eigenvalue weighted by Crippen LogP contribution is 2.36. The van der Waals surface area contributed by atoms with Crippen LogP contribution in [-0.4, -0.2) is 66.9 Å². The minimum absolute atomic E-state index is 0.0583. The number of rotatable bonds is 12. The summed E-state index contributed by atoms with van der Waals surface area (Å²) < 4.78 is 54.5. The van der Waals surface area contributed by atoms with Gasteiger partial charge in [-0.2, -0.15) is 0 Å². The van der Waals surface area contributed by atoms with Crippen LogP contribution in [0.25, 0.3) is 21.8 Å². The van der Waals surface area contributed by atoms with Gasteiger partial charge in [0.25, 0.3) is 5.91 Å². The van der Waals surface area contributed by atoms with Crippen molar-refractivity contribution in [3.63, 3.8) is 0 Å². The molecule has 1 amide bonds. The lowest BCUT2D eigenvalue weighted by molar-refractivity contribution is 0.0357. The normalized spacial score (nSPS) is 15.4. The number of nitrogens with one attached hydrogen (secondary N) is 1. The molecule has 1 saturated carbocycles. The third kappa shape index (κ3) is 7.67. The first kappa shape index (κ1) is 34.4. The maximum atomic E-state index is 15.4. The molecule has 0 spiro atoms. The summed E-state index contributed by atoms with van der Waals surface area (Å²) >= 11 is 0. The van der Waals surface area contributed by atoms with Gasteiger partial charge in [0.05, 0.1) is 38.0 Å². The smallest absolute Gasteiger partial charge is 0.261 e. The van der Waals surface area contributed by atoms with Gasteiger partial charge >= 0.3 is 0 Å². The number of pyridine rings is 2. The second-order valence-corrected chi connectivity index (χ2v) is 12.9. The second kappa shape index (κ2) is 15.4. The molecular formula is C39H40F2N4O6. The summed E-state index contributed by atoms with van der Waals surface area (Å²) in [5, 5.41) is 3.61. The number of ether oxygens (including phenoxy) is 4. The molecule has 0 unspecified atom stereocenters. The van der Waals surface area contributed by atoms with Crippen LogP contribution >= 0.6 is 0 Å². The predicted octanol–water partition coefficient (Wildman–Crippen LogP) is 6.88. The van der Waals surface area contributed by atoms with Crippen LogP contribution in [0.15, 0.2) is 71.8 Å². The first-order chi connectivity index (χ1) is 24.9. The minimum Gasteiger partial charge on any atom is -0.493 e. The van der Waals surface area contributed by atoms with E-state index in [1.54, 1.807) is 31.5 Å². The van der Waals surface area contributed by atoms with E-state index in [9.17, 15) is 14.0 Å². The van der Waals surface area contributed by atoms with Crippen LogP contribution in [0, 0.1) is 11.6 Å². The number of halogens is 2. The molecule has 2 aliphatic rings. The van der Waals surface area contributed by atoms with Gasteiger partial charge in [0, 0.05) is 66.2 Å². The number of benzene rings is 3. The highest BCUT2D eigenvalue weighted by Gasteiger charge is 2.23. The Morgan fingerprint density at radius 1 is 0.961 bits per heavy atom. The molecule has 7 rings (SSSR count). The van der Waals surface area contributed by atoms with Gasteiger partial charge in [0.1, 0.15) is 29.6 Å². The van der Waals surface area contributed by atoms with E-state index in [4.69, 9.17) is 18.9 Å². The number of nitrogens with zero attached hydrogens (tertiary/aromatic N) is 3. The van der Waals surface area contributed by atoms with Gasteiger partial charge in [-0.1, -0.05) is 18.9 Å². The largest absolute Gasteiger partial charge is 0.493 e. The van der Waals surface area contributed by atoms with Gasteiger partial charge in [-0.15, -0.1) is 0 Å². The summed E-state index contributed by atoms with van der Waals surface area (Å²) in [5.41, 5.74) is 0.954. The number of aromatic nitrogens is 2. The van der Waals surface area contributed by atoms with Crippen LogP contribution in [0.2, 0.25) is 0 Å². The predicted molar refractivity (Wildman–Crippen MR) is 190 cm³/mol. The SMILES string of the molecule is COc1cc2c(OCc3ccc(NC(=O)c4cn(C5CCCC5)c5cc(F)ccc5c4=O)cc3F)ccnc2cc1OCCCN1CCOCC1. The molecule has 10 nitrogen and oxygen atoms in total. The Balaban J connectivity index is 1.03. The zero-order chi connectivity index (χ0) is 35.3. The molecule has 1 aliphatic carbocycles.